The topological polar surface area (TPSA) is 51.2 Å². The molecule has 0 unspecified atom stereocenters. The van der Waals surface area contributed by atoms with Crippen molar-refractivity contribution in [2.45, 2.75) is 4.90 Å². The Morgan fingerprint density at radius 3 is 2.60 bits per heavy atom. The Bertz CT molecular complexity index is 848. The fraction of sp³-hybridized carbons (Fsp3) is 0.111. The van der Waals surface area contributed by atoms with Crippen molar-refractivity contribution in [2.75, 3.05) is 18.2 Å². The van der Waals surface area contributed by atoms with E-state index in [0.717, 1.165) is 16.2 Å². The van der Waals surface area contributed by atoms with Crippen LogP contribution < -0.4 is 10.1 Å². The molecule has 2 aromatic carbocycles. The molecule has 0 atom stereocenters. The van der Waals surface area contributed by atoms with E-state index in [-0.39, 0.29) is 17.5 Å². The number of amides is 1. The third-order valence-corrected chi connectivity index (χ3v) is 5.09. The van der Waals surface area contributed by atoms with E-state index in [1.807, 2.05) is 29.6 Å². The number of nitrogens with zero attached hydrogens (tertiary/aromatic N) is 1. The number of hydrogen-bond acceptors (Lipinski definition) is 5. The molecule has 0 saturated carbocycles. The molecule has 0 aliphatic rings. The number of thioether (sulfide) groups is 1. The lowest BCUT2D eigenvalue weighted by Crippen LogP contribution is -2.13. The number of anilines is 1. The van der Waals surface area contributed by atoms with Crippen LogP contribution in [0.1, 0.15) is 0 Å². The second-order valence-corrected chi connectivity index (χ2v) is 6.96. The minimum absolute atomic E-state index is 0.124. The summed E-state index contributed by atoms with van der Waals surface area (Å²) in [6.45, 7) is 0. The van der Waals surface area contributed by atoms with Crippen molar-refractivity contribution < 1.29 is 13.9 Å². The molecule has 0 radical (unpaired) electrons. The SMILES string of the molecule is COc1ccc(SCC(=O)Nc2nc(-c3ccc(F)cc3)cs2)cc1. The molecule has 128 valence electrons. The van der Waals surface area contributed by atoms with Gasteiger partial charge in [0.25, 0.3) is 0 Å². The van der Waals surface area contributed by atoms with E-state index in [1.165, 1.54) is 35.2 Å². The zero-order valence-corrected chi connectivity index (χ0v) is 15.0. The van der Waals surface area contributed by atoms with Gasteiger partial charge in [0.15, 0.2) is 5.13 Å². The van der Waals surface area contributed by atoms with Gasteiger partial charge in [0, 0.05) is 15.8 Å². The molecule has 0 bridgehead atoms. The highest BCUT2D eigenvalue weighted by Gasteiger charge is 2.09. The molecular formula is C18H15FN2O2S2. The summed E-state index contributed by atoms with van der Waals surface area (Å²) in [6, 6.07) is 13.6. The maximum Gasteiger partial charge on any atom is 0.236 e. The maximum atomic E-state index is 13.0. The van der Waals surface area contributed by atoms with Crippen LogP contribution in [0.2, 0.25) is 0 Å². The van der Waals surface area contributed by atoms with Crippen molar-refractivity contribution in [3.05, 3.63) is 59.7 Å². The zero-order chi connectivity index (χ0) is 17.6. The van der Waals surface area contributed by atoms with E-state index in [1.54, 1.807) is 19.2 Å². The molecule has 0 spiro atoms. The average Bonchev–Trinajstić information content (AvgIpc) is 3.09. The number of nitrogens with one attached hydrogen (secondary N) is 1. The molecule has 7 heteroatoms. The highest BCUT2D eigenvalue weighted by molar-refractivity contribution is 8.00. The first-order chi connectivity index (χ1) is 12.1. The molecule has 25 heavy (non-hydrogen) atoms. The number of hydrogen-bond donors (Lipinski definition) is 1. The van der Waals surface area contributed by atoms with E-state index in [9.17, 15) is 9.18 Å². The van der Waals surface area contributed by atoms with Crippen molar-refractivity contribution in [2.24, 2.45) is 0 Å². The van der Waals surface area contributed by atoms with Crippen LogP contribution >= 0.6 is 23.1 Å². The summed E-state index contributed by atoms with van der Waals surface area (Å²) >= 11 is 2.78. The van der Waals surface area contributed by atoms with Crippen molar-refractivity contribution in [1.82, 2.24) is 4.98 Å². The van der Waals surface area contributed by atoms with Crippen LogP contribution in [0.3, 0.4) is 0 Å². The molecule has 0 aliphatic heterocycles. The van der Waals surface area contributed by atoms with Gasteiger partial charge in [0.05, 0.1) is 18.6 Å². The molecule has 1 amide bonds. The maximum absolute atomic E-state index is 13.0. The summed E-state index contributed by atoms with van der Waals surface area (Å²) < 4.78 is 18.1. The van der Waals surface area contributed by atoms with Gasteiger partial charge in [-0.2, -0.15) is 0 Å². The van der Waals surface area contributed by atoms with Gasteiger partial charge < -0.3 is 10.1 Å². The van der Waals surface area contributed by atoms with Gasteiger partial charge in [-0.1, -0.05) is 0 Å². The van der Waals surface area contributed by atoms with Gasteiger partial charge in [0.1, 0.15) is 11.6 Å². The van der Waals surface area contributed by atoms with Crippen LogP contribution in [0.4, 0.5) is 9.52 Å². The molecule has 0 aliphatic carbocycles. The van der Waals surface area contributed by atoms with Gasteiger partial charge in [0.2, 0.25) is 5.91 Å². The highest BCUT2D eigenvalue weighted by Crippen LogP contribution is 2.26. The van der Waals surface area contributed by atoms with Crippen molar-refractivity contribution in [3.8, 4) is 17.0 Å². The van der Waals surface area contributed by atoms with E-state index < -0.39 is 0 Å². The Kier molecular flexibility index (Phi) is 5.67. The lowest BCUT2D eigenvalue weighted by Gasteiger charge is -2.03. The average molecular weight is 374 g/mol. The number of carbonyl (C=O) groups is 1. The largest absolute Gasteiger partial charge is 0.497 e. The van der Waals surface area contributed by atoms with Gasteiger partial charge >= 0.3 is 0 Å². The van der Waals surface area contributed by atoms with Gasteiger partial charge in [-0.25, -0.2) is 9.37 Å². The van der Waals surface area contributed by atoms with Crippen LogP contribution in [-0.4, -0.2) is 23.8 Å². The minimum Gasteiger partial charge on any atom is -0.497 e. The summed E-state index contributed by atoms with van der Waals surface area (Å²) in [6.07, 6.45) is 0. The normalized spacial score (nSPS) is 10.5. The number of aromatic nitrogens is 1. The van der Waals surface area contributed by atoms with E-state index in [4.69, 9.17) is 4.74 Å². The molecule has 1 aromatic heterocycles. The van der Waals surface area contributed by atoms with Gasteiger partial charge in [-0.15, -0.1) is 23.1 Å². The molecule has 1 heterocycles. The second-order valence-electron chi connectivity index (χ2n) is 5.06. The quantitative estimate of drug-likeness (QED) is 0.636. The summed E-state index contributed by atoms with van der Waals surface area (Å²) in [7, 11) is 1.61. The number of thiazole rings is 1. The van der Waals surface area contributed by atoms with Crippen LogP contribution in [0.15, 0.2) is 58.8 Å². The molecular weight excluding hydrogens is 359 g/mol. The molecule has 3 aromatic rings. The smallest absolute Gasteiger partial charge is 0.236 e. The third-order valence-electron chi connectivity index (χ3n) is 3.32. The van der Waals surface area contributed by atoms with Crippen molar-refractivity contribution in [3.63, 3.8) is 0 Å². The molecule has 1 N–H and O–H groups in total. The van der Waals surface area contributed by atoms with E-state index in [0.29, 0.717) is 10.8 Å². The van der Waals surface area contributed by atoms with Crippen molar-refractivity contribution >= 4 is 34.1 Å². The molecule has 3 rings (SSSR count). The fourth-order valence-electron chi connectivity index (χ4n) is 2.06. The number of rotatable bonds is 6. The monoisotopic (exact) mass is 374 g/mol. The third kappa shape index (κ3) is 4.80. The molecule has 0 fully saturated rings. The first kappa shape index (κ1) is 17.4. The number of ether oxygens (including phenoxy) is 1. The van der Waals surface area contributed by atoms with Gasteiger partial charge in [-0.05, 0) is 48.5 Å². The first-order valence-corrected chi connectivity index (χ1v) is 9.29. The van der Waals surface area contributed by atoms with Crippen molar-refractivity contribution in [1.29, 1.82) is 0 Å². The minimum atomic E-state index is -0.289. The number of methoxy groups -OCH3 is 1. The van der Waals surface area contributed by atoms with Crippen LogP contribution in [0.5, 0.6) is 5.75 Å². The summed E-state index contributed by atoms with van der Waals surface area (Å²) in [5.74, 6) is 0.659. The van der Waals surface area contributed by atoms with Crippen LogP contribution in [0.25, 0.3) is 11.3 Å². The Labute approximate surface area is 153 Å². The summed E-state index contributed by atoms with van der Waals surface area (Å²) in [4.78, 5) is 17.4. The van der Waals surface area contributed by atoms with E-state index in [2.05, 4.69) is 10.3 Å². The molecule has 0 saturated heterocycles. The van der Waals surface area contributed by atoms with Crippen LogP contribution in [0, 0.1) is 5.82 Å². The van der Waals surface area contributed by atoms with E-state index >= 15 is 0 Å². The Morgan fingerprint density at radius 2 is 1.92 bits per heavy atom. The van der Waals surface area contributed by atoms with Crippen LogP contribution in [-0.2, 0) is 4.79 Å². The second kappa shape index (κ2) is 8.13. The summed E-state index contributed by atoms with van der Waals surface area (Å²) in [5, 5.41) is 5.15. The first-order valence-electron chi connectivity index (χ1n) is 7.42. The predicted molar refractivity (Wildman–Crippen MR) is 99.9 cm³/mol. The fourth-order valence-corrected chi connectivity index (χ4v) is 3.49. The standard InChI is InChI=1S/C18H15FN2O2S2/c1-23-14-6-8-15(9-7-14)24-11-17(22)21-18-20-16(10-25-18)12-2-4-13(19)5-3-12/h2-10H,11H2,1H3,(H,20,21,22). The lowest BCUT2D eigenvalue weighted by atomic mass is 10.2. The Morgan fingerprint density at radius 1 is 1.20 bits per heavy atom. The Balaban J connectivity index is 1.55. The van der Waals surface area contributed by atoms with Gasteiger partial charge in [-0.3, -0.25) is 4.79 Å². The number of benzene rings is 2. The lowest BCUT2D eigenvalue weighted by molar-refractivity contribution is -0.113. The Hall–Kier alpha value is -2.38. The number of carbonyl (C=O) groups excluding carboxylic acids is 1. The number of halogens is 1. The highest BCUT2D eigenvalue weighted by atomic mass is 32.2. The summed E-state index contributed by atoms with van der Waals surface area (Å²) in [5.41, 5.74) is 1.52. The molecule has 4 nitrogen and oxygen atoms in total. The predicted octanol–water partition coefficient (Wildman–Crippen LogP) is 4.69. The zero-order valence-electron chi connectivity index (χ0n) is 13.4.